The molecule has 0 amide bonds. The van der Waals surface area contributed by atoms with Gasteiger partial charge in [0.15, 0.2) is 0 Å². The minimum atomic E-state index is -0.796. The molecule has 1 rings (SSSR count). The van der Waals surface area contributed by atoms with Crippen LogP contribution in [0, 0.1) is 6.92 Å². The highest BCUT2D eigenvalue weighted by Crippen LogP contribution is 2.20. The predicted molar refractivity (Wildman–Crippen MR) is 45.3 cm³/mol. The lowest BCUT2D eigenvalue weighted by Gasteiger charge is -2.05. The van der Waals surface area contributed by atoms with Gasteiger partial charge in [-0.05, 0) is 18.9 Å². The fourth-order valence-corrected chi connectivity index (χ4v) is 1.10. The Morgan fingerprint density at radius 1 is 1.45 bits per heavy atom. The molecular formula is C10H13F. The second kappa shape index (κ2) is 3.51. The summed E-state index contributed by atoms with van der Waals surface area (Å²) in [6.07, 6.45) is -0.237. The first kappa shape index (κ1) is 8.25. The van der Waals surface area contributed by atoms with Crippen LogP contribution in [0.1, 0.15) is 30.6 Å². The van der Waals surface area contributed by atoms with Crippen LogP contribution in [0.3, 0.4) is 0 Å². The van der Waals surface area contributed by atoms with Crippen LogP contribution < -0.4 is 0 Å². The maximum absolute atomic E-state index is 13.0. The molecule has 0 aliphatic rings. The van der Waals surface area contributed by atoms with Crippen LogP contribution >= 0.6 is 0 Å². The van der Waals surface area contributed by atoms with Crippen LogP contribution in [-0.4, -0.2) is 0 Å². The fraction of sp³-hybridized carbons (Fsp3) is 0.400. The zero-order valence-electron chi connectivity index (χ0n) is 6.97. The maximum atomic E-state index is 13.0. The van der Waals surface area contributed by atoms with Crippen molar-refractivity contribution in [1.29, 1.82) is 0 Å². The molecule has 0 radical (unpaired) electrons. The van der Waals surface area contributed by atoms with Gasteiger partial charge in [0.05, 0.1) is 0 Å². The number of hydrogen-bond acceptors (Lipinski definition) is 0. The molecule has 11 heavy (non-hydrogen) atoms. The summed E-state index contributed by atoms with van der Waals surface area (Å²) in [5.74, 6) is 0. The van der Waals surface area contributed by atoms with Crippen molar-refractivity contribution in [3.05, 3.63) is 35.4 Å². The third-order valence-corrected chi connectivity index (χ3v) is 1.76. The van der Waals surface area contributed by atoms with E-state index in [1.54, 1.807) is 0 Å². The van der Waals surface area contributed by atoms with E-state index in [4.69, 9.17) is 0 Å². The number of hydrogen-bond donors (Lipinski definition) is 0. The topological polar surface area (TPSA) is 0 Å². The highest BCUT2D eigenvalue weighted by molar-refractivity contribution is 5.23. The zero-order chi connectivity index (χ0) is 8.27. The molecule has 1 aromatic carbocycles. The molecule has 1 heteroatoms. The van der Waals surface area contributed by atoms with Crippen LogP contribution in [0.2, 0.25) is 0 Å². The molecule has 0 spiro atoms. The quantitative estimate of drug-likeness (QED) is 0.609. The number of aryl methyl sites for hydroxylation is 1. The van der Waals surface area contributed by atoms with Crippen molar-refractivity contribution in [1.82, 2.24) is 0 Å². The van der Waals surface area contributed by atoms with Crippen molar-refractivity contribution in [2.24, 2.45) is 0 Å². The molecule has 0 heterocycles. The highest BCUT2D eigenvalue weighted by Gasteiger charge is 2.05. The van der Waals surface area contributed by atoms with Gasteiger partial charge in [0, 0.05) is 0 Å². The van der Waals surface area contributed by atoms with E-state index in [1.165, 1.54) is 0 Å². The number of rotatable bonds is 2. The molecular weight excluding hydrogens is 139 g/mol. The van der Waals surface area contributed by atoms with E-state index in [2.05, 4.69) is 0 Å². The summed E-state index contributed by atoms with van der Waals surface area (Å²) in [7, 11) is 0. The first-order valence-electron chi connectivity index (χ1n) is 3.94. The molecule has 0 nitrogen and oxygen atoms in total. The third kappa shape index (κ3) is 2.04. The number of halogens is 1. The summed E-state index contributed by atoms with van der Waals surface area (Å²) in [5.41, 5.74) is 1.92. The predicted octanol–water partition coefficient (Wildman–Crippen LogP) is 3.42. The minimum absolute atomic E-state index is 0.559. The average Bonchev–Trinajstić information content (AvgIpc) is 2.03. The van der Waals surface area contributed by atoms with Gasteiger partial charge in [0.1, 0.15) is 6.17 Å². The minimum Gasteiger partial charge on any atom is -0.242 e. The lowest BCUT2D eigenvalue weighted by molar-refractivity contribution is 0.334. The van der Waals surface area contributed by atoms with E-state index in [9.17, 15) is 4.39 Å². The monoisotopic (exact) mass is 152 g/mol. The van der Waals surface area contributed by atoms with Gasteiger partial charge in [-0.2, -0.15) is 0 Å². The molecule has 0 aliphatic heterocycles. The van der Waals surface area contributed by atoms with Gasteiger partial charge in [0.25, 0.3) is 0 Å². The SMILES string of the molecule is CCC(F)c1cccc(C)c1. The van der Waals surface area contributed by atoms with Crippen molar-refractivity contribution < 1.29 is 4.39 Å². The number of alkyl halides is 1. The first-order valence-corrected chi connectivity index (χ1v) is 3.94. The van der Waals surface area contributed by atoms with Gasteiger partial charge in [0.2, 0.25) is 0 Å². The molecule has 1 aromatic rings. The smallest absolute Gasteiger partial charge is 0.125 e. The van der Waals surface area contributed by atoms with Crippen molar-refractivity contribution >= 4 is 0 Å². The van der Waals surface area contributed by atoms with Crippen LogP contribution in [0.25, 0.3) is 0 Å². The molecule has 0 aliphatic carbocycles. The Morgan fingerprint density at radius 2 is 2.18 bits per heavy atom. The molecule has 0 fully saturated rings. The van der Waals surface area contributed by atoms with E-state index in [-0.39, 0.29) is 0 Å². The van der Waals surface area contributed by atoms with Gasteiger partial charge in [-0.15, -0.1) is 0 Å². The largest absolute Gasteiger partial charge is 0.242 e. The van der Waals surface area contributed by atoms with Crippen molar-refractivity contribution in [2.45, 2.75) is 26.4 Å². The molecule has 0 saturated heterocycles. The Bertz CT molecular complexity index is 230. The Labute approximate surface area is 67.1 Å². The van der Waals surface area contributed by atoms with Gasteiger partial charge >= 0.3 is 0 Å². The lowest BCUT2D eigenvalue weighted by Crippen LogP contribution is -1.88. The summed E-state index contributed by atoms with van der Waals surface area (Å²) in [5, 5.41) is 0. The highest BCUT2D eigenvalue weighted by atomic mass is 19.1. The molecule has 0 saturated carbocycles. The van der Waals surface area contributed by atoms with Crippen LogP contribution in [-0.2, 0) is 0 Å². The summed E-state index contributed by atoms with van der Waals surface area (Å²) >= 11 is 0. The molecule has 60 valence electrons. The third-order valence-electron chi connectivity index (χ3n) is 1.76. The Morgan fingerprint density at radius 3 is 2.73 bits per heavy atom. The number of benzene rings is 1. The summed E-state index contributed by atoms with van der Waals surface area (Å²) in [6, 6.07) is 7.61. The zero-order valence-corrected chi connectivity index (χ0v) is 6.97. The average molecular weight is 152 g/mol. The van der Waals surface area contributed by atoms with E-state index < -0.39 is 6.17 Å². The summed E-state index contributed by atoms with van der Waals surface area (Å²) < 4.78 is 13.0. The van der Waals surface area contributed by atoms with Gasteiger partial charge < -0.3 is 0 Å². The second-order valence-electron chi connectivity index (χ2n) is 2.79. The summed E-state index contributed by atoms with van der Waals surface area (Å²) in [4.78, 5) is 0. The van der Waals surface area contributed by atoms with Crippen LogP contribution in [0.15, 0.2) is 24.3 Å². The van der Waals surface area contributed by atoms with Gasteiger partial charge in [-0.3, -0.25) is 0 Å². The van der Waals surface area contributed by atoms with Crippen LogP contribution in [0.4, 0.5) is 4.39 Å². The van der Waals surface area contributed by atoms with Gasteiger partial charge in [-0.25, -0.2) is 4.39 Å². The van der Waals surface area contributed by atoms with E-state index in [1.807, 2.05) is 38.1 Å². The van der Waals surface area contributed by atoms with E-state index >= 15 is 0 Å². The fourth-order valence-electron chi connectivity index (χ4n) is 1.10. The maximum Gasteiger partial charge on any atom is 0.125 e. The van der Waals surface area contributed by atoms with E-state index in [0.29, 0.717) is 6.42 Å². The first-order chi connectivity index (χ1) is 5.24. The molecule has 0 bridgehead atoms. The molecule has 0 N–H and O–H groups in total. The van der Waals surface area contributed by atoms with Crippen LogP contribution in [0.5, 0.6) is 0 Å². The normalized spacial score (nSPS) is 13.0. The van der Waals surface area contributed by atoms with Crippen molar-refractivity contribution in [3.63, 3.8) is 0 Å². The molecule has 1 atom stereocenters. The van der Waals surface area contributed by atoms with Gasteiger partial charge in [-0.1, -0.05) is 36.8 Å². The molecule has 1 unspecified atom stereocenters. The van der Waals surface area contributed by atoms with E-state index in [0.717, 1.165) is 11.1 Å². The van der Waals surface area contributed by atoms with Crippen molar-refractivity contribution in [3.8, 4) is 0 Å². The Hall–Kier alpha value is -0.850. The second-order valence-corrected chi connectivity index (χ2v) is 2.79. The standard InChI is InChI=1S/C10H13F/c1-3-10(11)9-6-4-5-8(2)7-9/h4-7,10H,3H2,1-2H3. The Balaban J connectivity index is 2.86. The van der Waals surface area contributed by atoms with Crippen molar-refractivity contribution in [2.75, 3.05) is 0 Å². The lowest BCUT2D eigenvalue weighted by atomic mass is 10.1. The molecule has 0 aromatic heterocycles. The Kier molecular flexibility index (Phi) is 2.64. The summed E-state index contributed by atoms with van der Waals surface area (Å²) in [6.45, 7) is 3.83.